The first-order valence-corrected chi connectivity index (χ1v) is 7.75. The van der Waals surface area contributed by atoms with Gasteiger partial charge in [-0.1, -0.05) is 19.1 Å². The number of benzene rings is 1. The van der Waals surface area contributed by atoms with Crippen LogP contribution in [0.4, 0.5) is 5.69 Å². The van der Waals surface area contributed by atoms with Gasteiger partial charge in [0.15, 0.2) is 0 Å². The van der Waals surface area contributed by atoms with Crippen molar-refractivity contribution in [3.8, 4) is 0 Å². The van der Waals surface area contributed by atoms with Gasteiger partial charge in [0.05, 0.1) is 11.5 Å². The van der Waals surface area contributed by atoms with E-state index in [1.165, 1.54) is 11.8 Å². The number of amides is 2. The van der Waals surface area contributed by atoms with Gasteiger partial charge < -0.3 is 5.32 Å². The van der Waals surface area contributed by atoms with E-state index in [1.54, 1.807) is 0 Å². The van der Waals surface area contributed by atoms with Crippen LogP contribution in [-0.4, -0.2) is 29.5 Å². The molecule has 0 radical (unpaired) electrons. The Morgan fingerprint density at radius 1 is 1.45 bits per heavy atom. The summed E-state index contributed by atoms with van der Waals surface area (Å²) in [5.74, 6) is 0.473. The summed E-state index contributed by atoms with van der Waals surface area (Å²) in [5, 5.41) is 6.93. The van der Waals surface area contributed by atoms with Gasteiger partial charge in [-0.3, -0.25) is 9.59 Å². The van der Waals surface area contributed by atoms with E-state index in [4.69, 9.17) is 0 Å². The van der Waals surface area contributed by atoms with Crippen molar-refractivity contribution < 1.29 is 9.59 Å². The quantitative estimate of drug-likeness (QED) is 0.889. The summed E-state index contributed by atoms with van der Waals surface area (Å²) in [5.41, 5.74) is 5.09. The van der Waals surface area contributed by atoms with Gasteiger partial charge in [0, 0.05) is 18.0 Å². The molecule has 1 aromatic carbocycles. The Hall–Kier alpha value is -1.82. The molecule has 106 valence electrons. The molecule has 1 aliphatic rings. The van der Waals surface area contributed by atoms with E-state index in [0.717, 1.165) is 17.0 Å². The Bertz CT molecular complexity index is 540. The molecule has 0 aromatic heterocycles. The van der Waals surface area contributed by atoms with Gasteiger partial charge >= 0.3 is 0 Å². The van der Waals surface area contributed by atoms with Gasteiger partial charge in [-0.25, -0.2) is 5.43 Å². The zero-order valence-electron chi connectivity index (χ0n) is 11.5. The zero-order chi connectivity index (χ0) is 14.5. The highest BCUT2D eigenvalue weighted by atomic mass is 32.2. The number of hydrogen-bond acceptors (Lipinski definition) is 4. The van der Waals surface area contributed by atoms with E-state index in [0.29, 0.717) is 12.2 Å². The monoisotopic (exact) mass is 291 g/mol. The molecular weight excluding hydrogens is 274 g/mol. The van der Waals surface area contributed by atoms with Gasteiger partial charge in [-0.2, -0.15) is 16.9 Å². The van der Waals surface area contributed by atoms with Crippen LogP contribution < -0.4 is 10.7 Å². The fourth-order valence-electron chi connectivity index (χ4n) is 2.05. The summed E-state index contributed by atoms with van der Waals surface area (Å²) in [6.07, 6.45) is 2.34. The number of hydrazone groups is 1. The van der Waals surface area contributed by atoms with Gasteiger partial charge in [0.1, 0.15) is 0 Å². The van der Waals surface area contributed by atoms with Crippen LogP contribution in [0.25, 0.3) is 0 Å². The number of thioether (sulfide) groups is 1. The summed E-state index contributed by atoms with van der Waals surface area (Å²) in [6, 6.07) is 7.50. The first kappa shape index (κ1) is 14.6. The van der Waals surface area contributed by atoms with Crippen molar-refractivity contribution in [2.24, 2.45) is 11.0 Å². The second-order valence-electron chi connectivity index (χ2n) is 4.70. The summed E-state index contributed by atoms with van der Waals surface area (Å²) in [4.78, 5) is 22.7. The molecule has 2 rings (SSSR count). The van der Waals surface area contributed by atoms with E-state index in [-0.39, 0.29) is 17.7 Å². The second-order valence-corrected chi connectivity index (χ2v) is 5.56. The number of carbonyl (C=O) groups excluding carboxylic acids is 2. The topological polar surface area (TPSA) is 70.6 Å². The van der Waals surface area contributed by atoms with E-state index in [1.807, 2.05) is 37.4 Å². The molecule has 1 aliphatic heterocycles. The Labute approximate surface area is 122 Å². The molecule has 1 unspecified atom stereocenters. The number of hydrogen-bond donors (Lipinski definition) is 2. The minimum atomic E-state index is -0.0535. The van der Waals surface area contributed by atoms with Crippen LogP contribution in [0.5, 0.6) is 0 Å². The van der Waals surface area contributed by atoms with Crippen molar-refractivity contribution in [3.05, 3.63) is 29.8 Å². The van der Waals surface area contributed by atoms with Crippen LogP contribution in [0, 0.1) is 5.92 Å². The number of anilines is 1. The van der Waals surface area contributed by atoms with Crippen LogP contribution in [-0.2, 0) is 9.59 Å². The van der Waals surface area contributed by atoms with Crippen LogP contribution in [0.1, 0.15) is 18.9 Å². The highest BCUT2D eigenvalue weighted by molar-refractivity contribution is 7.99. The van der Waals surface area contributed by atoms with E-state index < -0.39 is 0 Å². The molecule has 0 saturated heterocycles. The highest BCUT2D eigenvalue weighted by Crippen LogP contribution is 2.18. The SMILES string of the molecule is CSCC(=O)Nc1ccc(C2=NNC(=O)CC2C)cc1. The summed E-state index contributed by atoms with van der Waals surface area (Å²) in [6.45, 7) is 1.98. The predicted octanol–water partition coefficient (Wildman–Crippen LogP) is 1.85. The van der Waals surface area contributed by atoms with Gasteiger partial charge in [-0.05, 0) is 24.0 Å². The number of nitrogens with one attached hydrogen (secondary N) is 2. The summed E-state index contributed by atoms with van der Waals surface area (Å²) >= 11 is 1.48. The van der Waals surface area contributed by atoms with Crippen LogP contribution in [0.3, 0.4) is 0 Å². The molecule has 1 heterocycles. The van der Waals surface area contributed by atoms with Crippen molar-refractivity contribution in [3.63, 3.8) is 0 Å². The lowest BCUT2D eigenvalue weighted by atomic mass is 9.94. The lowest BCUT2D eigenvalue weighted by Gasteiger charge is -2.19. The molecular formula is C14H17N3O2S. The molecule has 0 aliphatic carbocycles. The number of carbonyl (C=O) groups is 2. The first-order chi connectivity index (χ1) is 9.60. The van der Waals surface area contributed by atoms with Crippen molar-refractivity contribution in [1.82, 2.24) is 5.43 Å². The second kappa shape index (κ2) is 6.56. The molecule has 2 amide bonds. The van der Waals surface area contributed by atoms with Gasteiger partial charge in [0.2, 0.25) is 11.8 Å². The van der Waals surface area contributed by atoms with E-state index in [2.05, 4.69) is 15.8 Å². The third kappa shape index (κ3) is 3.60. The lowest BCUT2D eigenvalue weighted by Crippen LogP contribution is -2.31. The first-order valence-electron chi connectivity index (χ1n) is 6.36. The number of rotatable bonds is 4. The van der Waals surface area contributed by atoms with Crippen LogP contribution >= 0.6 is 11.8 Å². The van der Waals surface area contributed by atoms with Crippen molar-refractivity contribution >= 4 is 35.0 Å². The van der Waals surface area contributed by atoms with E-state index in [9.17, 15) is 9.59 Å². The Morgan fingerprint density at radius 3 is 2.75 bits per heavy atom. The van der Waals surface area contributed by atoms with Crippen molar-refractivity contribution in [1.29, 1.82) is 0 Å². The van der Waals surface area contributed by atoms with Crippen molar-refractivity contribution in [2.75, 3.05) is 17.3 Å². The van der Waals surface area contributed by atoms with Crippen LogP contribution in [0.15, 0.2) is 29.4 Å². The minimum Gasteiger partial charge on any atom is -0.325 e. The van der Waals surface area contributed by atoms with Crippen molar-refractivity contribution in [2.45, 2.75) is 13.3 Å². The fraction of sp³-hybridized carbons (Fsp3) is 0.357. The predicted molar refractivity (Wildman–Crippen MR) is 81.9 cm³/mol. The lowest BCUT2D eigenvalue weighted by molar-refractivity contribution is -0.122. The zero-order valence-corrected chi connectivity index (χ0v) is 12.3. The maximum atomic E-state index is 11.5. The largest absolute Gasteiger partial charge is 0.325 e. The Balaban J connectivity index is 2.08. The van der Waals surface area contributed by atoms with Crippen LogP contribution in [0.2, 0.25) is 0 Å². The van der Waals surface area contributed by atoms with Gasteiger partial charge in [0.25, 0.3) is 0 Å². The average Bonchev–Trinajstić information content (AvgIpc) is 2.40. The molecule has 2 N–H and O–H groups in total. The smallest absolute Gasteiger partial charge is 0.240 e. The summed E-state index contributed by atoms with van der Waals surface area (Å²) < 4.78 is 0. The standard InChI is InChI=1S/C14H17N3O2S/c1-9-7-12(18)16-17-14(9)10-3-5-11(6-4-10)15-13(19)8-20-2/h3-6,9H,7-8H2,1-2H3,(H,15,19)(H,16,18). The third-order valence-corrected chi connectivity index (χ3v) is 3.55. The molecule has 0 fully saturated rings. The molecule has 1 aromatic rings. The molecule has 0 spiro atoms. The third-order valence-electron chi connectivity index (χ3n) is 3.00. The molecule has 0 bridgehead atoms. The van der Waals surface area contributed by atoms with E-state index >= 15 is 0 Å². The minimum absolute atomic E-state index is 0.0131. The Morgan fingerprint density at radius 2 is 2.15 bits per heavy atom. The Kier molecular flexibility index (Phi) is 4.79. The number of nitrogens with zero attached hydrogens (tertiary/aromatic N) is 1. The molecule has 6 heteroatoms. The maximum Gasteiger partial charge on any atom is 0.240 e. The fourth-order valence-corrected chi connectivity index (χ4v) is 2.39. The maximum absolute atomic E-state index is 11.5. The highest BCUT2D eigenvalue weighted by Gasteiger charge is 2.21. The van der Waals surface area contributed by atoms with Gasteiger partial charge in [-0.15, -0.1) is 0 Å². The molecule has 1 atom stereocenters. The average molecular weight is 291 g/mol. The normalized spacial score (nSPS) is 18.2. The molecule has 0 saturated carbocycles. The summed E-state index contributed by atoms with van der Waals surface area (Å²) in [7, 11) is 0. The molecule has 5 nitrogen and oxygen atoms in total. The molecule has 20 heavy (non-hydrogen) atoms.